The van der Waals surface area contributed by atoms with Crippen LogP contribution in [-0.4, -0.2) is 27.5 Å². The van der Waals surface area contributed by atoms with Crippen LogP contribution in [-0.2, 0) is 4.79 Å². The van der Waals surface area contributed by atoms with E-state index in [0.717, 1.165) is 6.20 Å². The largest absolute Gasteiger partial charge is 0.481 e. The normalized spacial score (nSPS) is 10.9. The first-order chi connectivity index (χ1) is 7.83. The molecule has 0 aromatic carbocycles. The summed E-state index contributed by atoms with van der Waals surface area (Å²) in [5.74, 6) is -0.517. The van der Waals surface area contributed by atoms with Gasteiger partial charge < -0.3 is 10.4 Å². The van der Waals surface area contributed by atoms with Gasteiger partial charge in [-0.15, -0.1) is 0 Å². The van der Waals surface area contributed by atoms with E-state index in [1.165, 1.54) is 12.1 Å². The quantitative estimate of drug-likeness (QED) is 0.596. The molecule has 1 rings (SSSR count). The first kappa shape index (κ1) is 12.9. The highest BCUT2D eigenvalue weighted by Gasteiger charge is 2.26. The Labute approximate surface area is 97.6 Å². The topological polar surface area (TPSA) is 105 Å². The number of pyridine rings is 1. The Bertz CT molecular complexity index is 428. The Morgan fingerprint density at radius 1 is 1.59 bits per heavy atom. The maximum atomic E-state index is 10.8. The zero-order valence-electron chi connectivity index (χ0n) is 9.51. The van der Waals surface area contributed by atoms with Gasteiger partial charge in [0.05, 0.1) is 10.3 Å². The Morgan fingerprint density at radius 2 is 2.24 bits per heavy atom. The van der Waals surface area contributed by atoms with Crippen molar-refractivity contribution in [3.63, 3.8) is 0 Å². The average Bonchev–Trinajstić information content (AvgIpc) is 2.27. The molecular weight excluding hydrogens is 226 g/mol. The minimum Gasteiger partial charge on any atom is -0.481 e. The van der Waals surface area contributed by atoms with Crippen LogP contribution in [0.1, 0.15) is 13.8 Å². The summed E-state index contributed by atoms with van der Waals surface area (Å²) in [6, 6.07) is 2.75. The van der Waals surface area contributed by atoms with Crippen LogP contribution in [0.15, 0.2) is 18.3 Å². The molecule has 0 saturated heterocycles. The molecule has 0 saturated carbocycles. The molecule has 7 nitrogen and oxygen atoms in total. The number of nitrogens with one attached hydrogen (secondary N) is 1. The average molecular weight is 239 g/mol. The van der Waals surface area contributed by atoms with E-state index in [9.17, 15) is 14.9 Å². The van der Waals surface area contributed by atoms with E-state index >= 15 is 0 Å². The van der Waals surface area contributed by atoms with Gasteiger partial charge in [-0.2, -0.15) is 0 Å². The summed E-state index contributed by atoms with van der Waals surface area (Å²) in [7, 11) is 0. The first-order valence-corrected chi connectivity index (χ1v) is 4.90. The van der Waals surface area contributed by atoms with E-state index < -0.39 is 16.3 Å². The second-order valence-electron chi connectivity index (χ2n) is 4.20. The van der Waals surface area contributed by atoms with Gasteiger partial charge >= 0.3 is 5.97 Å². The molecule has 92 valence electrons. The standard InChI is InChI=1S/C10H13N3O4/c1-10(2,9(14)15)6-12-8-4-3-7(5-11-8)13(16)17/h3-5H,6H2,1-2H3,(H,11,12)(H,14,15). The zero-order valence-corrected chi connectivity index (χ0v) is 9.51. The molecule has 0 atom stereocenters. The van der Waals surface area contributed by atoms with E-state index in [-0.39, 0.29) is 12.2 Å². The van der Waals surface area contributed by atoms with E-state index in [0.29, 0.717) is 5.82 Å². The lowest BCUT2D eigenvalue weighted by molar-refractivity contribution is -0.385. The number of anilines is 1. The number of aliphatic carboxylic acids is 1. The summed E-state index contributed by atoms with van der Waals surface area (Å²) in [4.78, 5) is 24.5. The summed E-state index contributed by atoms with van der Waals surface area (Å²) < 4.78 is 0. The van der Waals surface area contributed by atoms with Crippen molar-refractivity contribution in [3.8, 4) is 0 Å². The molecule has 0 aliphatic heterocycles. The second-order valence-corrected chi connectivity index (χ2v) is 4.20. The number of hydrogen-bond acceptors (Lipinski definition) is 5. The smallest absolute Gasteiger partial charge is 0.310 e. The van der Waals surface area contributed by atoms with E-state index in [1.807, 2.05) is 0 Å². The third-order valence-corrected chi connectivity index (χ3v) is 2.25. The van der Waals surface area contributed by atoms with Crippen LogP contribution in [0, 0.1) is 15.5 Å². The molecule has 7 heteroatoms. The minimum atomic E-state index is -0.927. The Kier molecular flexibility index (Phi) is 3.62. The number of carbonyl (C=O) groups is 1. The number of carboxylic acids is 1. The van der Waals surface area contributed by atoms with Crippen molar-refractivity contribution < 1.29 is 14.8 Å². The molecule has 0 spiro atoms. The Morgan fingerprint density at radius 3 is 2.65 bits per heavy atom. The third kappa shape index (κ3) is 3.40. The van der Waals surface area contributed by atoms with E-state index in [4.69, 9.17) is 5.11 Å². The highest BCUT2D eigenvalue weighted by atomic mass is 16.6. The van der Waals surface area contributed by atoms with Gasteiger partial charge in [0.15, 0.2) is 0 Å². The maximum Gasteiger partial charge on any atom is 0.310 e. The number of nitro groups is 1. The van der Waals surface area contributed by atoms with Gasteiger partial charge in [0.25, 0.3) is 5.69 Å². The summed E-state index contributed by atoms with van der Waals surface area (Å²) in [5.41, 5.74) is -1.03. The van der Waals surface area contributed by atoms with Gasteiger partial charge in [-0.1, -0.05) is 0 Å². The molecule has 17 heavy (non-hydrogen) atoms. The number of hydrogen-bond donors (Lipinski definition) is 2. The number of nitrogens with zero attached hydrogens (tertiary/aromatic N) is 2. The van der Waals surface area contributed by atoms with Crippen LogP contribution in [0.4, 0.5) is 11.5 Å². The fraction of sp³-hybridized carbons (Fsp3) is 0.400. The van der Waals surface area contributed by atoms with Crippen LogP contribution in [0.25, 0.3) is 0 Å². The highest BCUT2D eigenvalue weighted by molar-refractivity contribution is 5.74. The van der Waals surface area contributed by atoms with E-state index in [1.54, 1.807) is 13.8 Å². The van der Waals surface area contributed by atoms with Crippen LogP contribution in [0.2, 0.25) is 0 Å². The van der Waals surface area contributed by atoms with Crippen LogP contribution < -0.4 is 5.32 Å². The van der Waals surface area contributed by atoms with Gasteiger partial charge in [0.1, 0.15) is 12.0 Å². The van der Waals surface area contributed by atoms with Gasteiger partial charge in [0.2, 0.25) is 0 Å². The van der Waals surface area contributed by atoms with Crippen LogP contribution >= 0.6 is 0 Å². The summed E-state index contributed by atoms with van der Waals surface area (Å²) in [5, 5.41) is 22.1. The summed E-state index contributed by atoms with van der Waals surface area (Å²) in [6.45, 7) is 3.34. The fourth-order valence-corrected chi connectivity index (χ4v) is 0.986. The van der Waals surface area contributed by atoms with Crippen LogP contribution in [0.3, 0.4) is 0 Å². The Hall–Kier alpha value is -2.18. The number of aromatic nitrogens is 1. The number of carboxylic acid groups (broad SMARTS) is 1. The van der Waals surface area contributed by atoms with Gasteiger partial charge in [-0.3, -0.25) is 14.9 Å². The van der Waals surface area contributed by atoms with Crippen molar-refractivity contribution in [2.24, 2.45) is 5.41 Å². The van der Waals surface area contributed by atoms with Gasteiger partial charge in [-0.25, -0.2) is 4.98 Å². The van der Waals surface area contributed by atoms with Crippen molar-refractivity contribution in [2.45, 2.75) is 13.8 Å². The zero-order chi connectivity index (χ0) is 13.1. The summed E-state index contributed by atoms with van der Waals surface area (Å²) >= 11 is 0. The molecule has 1 heterocycles. The third-order valence-electron chi connectivity index (χ3n) is 2.25. The molecule has 2 N–H and O–H groups in total. The molecule has 0 fully saturated rings. The monoisotopic (exact) mass is 239 g/mol. The lowest BCUT2D eigenvalue weighted by Gasteiger charge is -2.19. The van der Waals surface area contributed by atoms with Gasteiger partial charge in [0, 0.05) is 12.6 Å². The molecule has 0 radical (unpaired) electrons. The number of rotatable bonds is 5. The van der Waals surface area contributed by atoms with Crippen molar-refractivity contribution in [1.82, 2.24) is 4.98 Å². The Balaban J connectivity index is 2.65. The van der Waals surface area contributed by atoms with Crippen molar-refractivity contribution >= 4 is 17.5 Å². The predicted octanol–water partition coefficient (Wildman–Crippen LogP) is 1.51. The molecule has 0 amide bonds. The van der Waals surface area contributed by atoms with Gasteiger partial charge in [-0.05, 0) is 19.9 Å². The molecule has 0 aliphatic rings. The fourth-order valence-electron chi connectivity index (χ4n) is 0.986. The van der Waals surface area contributed by atoms with Crippen molar-refractivity contribution in [1.29, 1.82) is 0 Å². The maximum absolute atomic E-state index is 10.8. The molecule has 0 bridgehead atoms. The molecule has 0 unspecified atom stereocenters. The first-order valence-electron chi connectivity index (χ1n) is 4.90. The van der Waals surface area contributed by atoms with Crippen molar-refractivity contribution in [2.75, 3.05) is 11.9 Å². The van der Waals surface area contributed by atoms with E-state index in [2.05, 4.69) is 10.3 Å². The predicted molar refractivity (Wildman–Crippen MR) is 60.8 cm³/mol. The van der Waals surface area contributed by atoms with Crippen molar-refractivity contribution in [3.05, 3.63) is 28.4 Å². The molecular formula is C10H13N3O4. The SMILES string of the molecule is CC(C)(CNc1ccc([N+](=O)[O-])cn1)C(=O)O. The van der Waals surface area contributed by atoms with Crippen LogP contribution in [0.5, 0.6) is 0 Å². The highest BCUT2D eigenvalue weighted by Crippen LogP contribution is 2.17. The lowest BCUT2D eigenvalue weighted by Crippen LogP contribution is -2.31. The lowest BCUT2D eigenvalue weighted by atomic mass is 9.94. The molecule has 1 aromatic heterocycles. The molecule has 0 aliphatic carbocycles. The minimum absolute atomic E-state index is 0.104. The summed E-state index contributed by atoms with van der Waals surface area (Å²) in [6.07, 6.45) is 1.12. The molecule has 1 aromatic rings. The second kappa shape index (κ2) is 4.77.